The molecule has 0 spiro atoms. The van der Waals surface area contributed by atoms with Crippen molar-refractivity contribution in [3.8, 4) is 0 Å². The van der Waals surface area contributed by atoms with Crippen molar-refractivity contribution in [3.63, 3.8) is 0 Å². The number of nitrogens with zero attached hydrogens (tertiary/aromatic N) is 3. The van der Waals surface area contributed by atoms with E-state index < -0.39 is 0 Å². The molecule has 0 saturated carbocycles. The molecule has 0 aliphatic carbocycles. The van der Waals surface area contributed by atoms with Gasteiger partial charge in [0.15, 0.2) is 5.82 Å². The van der Waals surface area contributed by atoms with Crippen LogP contribution < -0.4 is 5.32 Å². The lowest BCUT2D eigenvalue weighted by Crippen LogP contribution is -2.37. The summed E-state index contributed by atoms with van der Waals surface area (Å²) >= 11 is 0. The number of rotatable bonds is 7. The largest absolute Gasteiger partial charge is 0.338 e. The highest BCUT2D eigenvalue weighted by Crippen LogP contribution is 2.13. The van der Waals surface area contributed by atoms with Crippen LogP contribution >= 0.6 is 12.4 Å². The Kier molecular flexibility index (Phi) is 7.48. The van der Waals surface area contributed by atoms with Gasteiger partial charge in [-0.3, -0.25) is 4.90 Å². The Hall–Kier alpha value is -0.650. The van der Waals surface area contributed by atoms with Gasteiger partial charge in [-0.05, 0) is 31.8 Å². The SMILES string of the molecule is CCCN(Cc1nc(CC(C)C)no1)C1CCNC1.Cl. The standard InChI is InChI=1S/C14H26N4O.ClH/c1-4-7-18(12-5-6-15-9-12)10-14-16-13(17-19-14)8-11(2)3;/h11-12,15H,4-10H2,1-3H3;1H. The van der Waals surface area contributed by atoms with Crippen LogP contribution in [0.4, 0.5) is 0 Å². The first-order chi connectivity index (χ1) is 9.19. The van der Waals surface area contributed by atoms with Crippen LogP contribution in [0.1, 0.15) is 45.3 Å². The summed E-state index contributed by atoms with van der Waals surface area (Å²) in [5, 5.41) is 7.49. The molecule has 1 aliphatic rings. The average molecular weight is 303 g/mol. The normalized spacial score (nSPS) is 18.8. The molecule has 1 aromatic rings. The minimum atomic E-state index is 0. The fourth-order valence-electron chi connectivity index (χ4n) is 2.61. The van der Waals surface area contributed by atoms with Crippen LogP contribution in [-0.4, -0.2) is 40.7 Å². The van der Waals surface area contributed by atoms with Crippen molar-refractivity contribution in [1.82, 2.24) is 20.4 Å². The number of halogens is 1. The van der Waals surface area contributed by atoms with E-state index in [2.05, 4.69) is 41.1 Å². The summed E-state index contributed by atoms with van der Waals surface area (Å²) < 4.78 is 5.38. The van der Waals surface area contributed by atoms with Crippen LogP contribution in [0.15, 0.2) is 4.52 Å². The minimum absolute atomic E-state index is 0. The van der Waals surface area contributed by atoms with Gasteiger partial charge in [0, 0.05) is 19.0 Å². The van der Waals surface area contributed by atoms with Crippen molar-refractivity contribution in [3.05, 3.63) is 11.7 Å². The molecule has 116 valence electrons. The summed E-state index contributed by atoms with van der Waals surface area (Å²) in [7, 11) is 0. The second-order valence-electron chi connectivity index (χ2n) is 5.82. The number of nitrogens with one attached hydrogen (secondary N) is 1. The fraction of sp³-hybridized carbons (Fsp3) is 0.857. The highest BCUT2D eigenvalue weighted by Gasteiger charge is 2.23. The first kappa shape index (κ1) is 17.4. The van der Waals surface area contributed by atoms with E-state index in [1.165, 1.54) is 6.42 Å². The molecule has 1 aliphatic heterocycles. The zero-order valence-corrected chi connectivity index (χ0v) is 13.6. The summed E-state index contributed by atoms with van der Waals surface area (Å²) in [6.07, 6.45) is 3.26. The van der Waals surface area contributed by atoms with Gasteiger partial charge < -0.3 is 9.84 Å². The first-order valence-corrected chi connectivity index (χ1v) is 7.45. The van der Waals surface area contributed by atoms with Gasteiger partial charge in [0.1, 0.15) is 0 Å². The molecule has 1 aromatic heterocycles. The van der Waals surface area contributed by atoms with Gasteiger partial charge in [-0.1, -0.05) is 25.9 Å². The highest BCUT2D eigenvalue weighted by molar-refractivity contribution is 5.85. The highest BCUT2D eigenvalue weighted by atomic mass is 35.5. The third-order valence-electron chi connectivity index (χ3n) is 3.50. The van der Waals surface area contributed by atoms with E-state index in [4.69, 9.17) is 4.52 Å². The van der Waals surface area contributed by atoms with Crippen molar-refractivity contribution in [2.24, 2.45) is 5.92 Å². The molecular formula is C14H27ClN4O. The molecule has 2 rings (SSSR count). The Morgan fingerprint density at radius 3 is 2.85 bits per heavy atom. The Balaban J connectivity index is 0.00000200. The number of hydrogen-bond acceptors (Lipinski definition) is 5. The molecule has 0 radical (unpaired) electrons. The maximum atomic E-state index is 5.38. The summed E-state index contributed by atoms with van der Waals surface area (Å²) in [5.74, 6) is 2.17. The number of aromatic nitrogens is 2. The topological polar surface area (TPSA) is 54.2 Å². The van der Waals surface area contributed by atoms with Gasteiger partial charge in [0.2, 0.25) is 5.89 Å². The lowest BCUT2D eigenvalue weighted by molar-refractivity contribution is 0.174. The molecule has 1 N–H and O–H groups in total. The smallest absolute Gasteiger partial charge is 0.240 e. The summed E-state index contributed by atoms with van der Waals surface area (Å²) in [6.45, 7) is 10.6. The third kappa shape index (κ3) is 5.04. The zero-order valence-electron chi connectivity index (χ0n) is 12.8. The van der Waals surface area contributed by atoms with Gasteiger partial charge >= 0.3 is 0 Å². The zero-order chi connectivity index (χ0) is 13.7. The van der Waals surface area contributed by atoms with Crippen LogP contribution in [0.25, 0.3) is 0 Å². The van der Waals surface area contributed by atoms with Gasteiger partial charge in [-0.2, -0.15) is 4.98 Å². The molecule has 6 heteroatoms. The molecular weight excluding hydrogens is 276 g/mol. The van der Waals surface area contributed by atoms with Crippen molar-refractivity contribution in [2.75, 3.05) is 19.6 Å². The summed E-state index contributed by atoms with van der Waals surface area (Å²) in [6, 6.07) is 0.611. The van der Waals surface area contributed by atoms with E-state index in [0.717, 1.165) is 50.7 Å². The van der Waals surface area contributed by atoms with E-state index in [1.54, 1.807) is 0 Å². The van der Waals surface area contributed by atoms with E-state index in [9.17, 15) is 0 Å². The fourth-order valence-corrected chi connectivity index (χ4v) is 2.61. The first-order valence-electron chi connectivity index (χ1n) is 7.45. The van der Waals surface area contributed by atoms with Crippen LogP contribution in [0.3, 0.4) is 0 Å². The van der Waals surface area contributed by atoms with Crippen molar-refractivity contribution >= 4 is 12.4 Å². The molecule has 1 fully saturated rings. The van der Waals surface area contributed by atoms with Crippen LogP contribution in [0.2, 0.25) is 0 Å². The molecule has 2 heterocycles. The van der Waals surface area contributed by atoms with Gasteiger partial charge in [0.05, 0.1) is 6.54 Å². The van der Waals surface area contributed by atoms with Crippen molar-refractivity contribution in [1.29, 1.82) is 0 Å². The molecule has 0 amide bonds. The van der Waals surface area contributed by atoms with E-state index in [-0.39, 0.29) is 12.4 Å². The second-order valence-corrected chi connectivity index (χ2v) is 5.82. The number of hydrogen-bond donors (Lipinski definition) is 1. The second kappa shape index (κ2) is 8.60. The molecule has 0 bridgehead atoms. The lowest BCUT2D eigenvalue weighted by Gasteiger charge is -2.26. The van der Waals surface area contributed by atoms with E-state index in [0.29, 0.717) is 12.0 Å². The Morgan fingerprint density at radius 2 is 2.25 bits per heavy atom. The molecule has 1 saturated heterocycles. The molecule has 20 heavy (non-hydrogen) atoms. The van der Waals surface area contributed by atoms with Crippen molar-refractivity contribution in [2.45, 2.75) is 52.6 Å². The average Bonchev–Trinajstić information content (AvgIpc) is 2.99. The van der Waals surface area contributed by atoms with Gasteiger partial charge in [-0.25, -0.2) is 0 Å². The summed E-state index contributed by atoms with van der Waals surface area (Å²) in [5.41, 5.74) is 0. The maximum Gasteiger partial charge on any atom is 0.240 e. The maximum absolute atomic E-state index is 5.38. The molecule has 1 unspecified atom stereocenters. The van der Waals surface area contributed by atoms with E-state index in [1.807, 2.05) is 0 Å². The Labute approximate surface area is 127 Å². The quantitative estimate of drug-likeness (QED) is 0.837. The monoisotopic (exact) mass is 302 g/mol. The lowest BCUT2D eigenvalue weighted by atomic mass is 10.1. The Bertz CT molecular complexity index is 377. The van der Waals surface area contributed by atoms with Crippen LogP contribution in [-0.2, 0) is 13.0 Å². The van der Waals surface area contributed by atoms with Gasteiger partial charge in [0.25, 0.3) is 0 Å². The minimum Gasteiger partial charge on any atom is -0.338 e. The summed E-state index contributed by atoms with van der Waals surface area (Å²) in [4.78, 5) is 6.97. The van der Waals surface area contributed by atoms with Crippen molar-refractivity contribution < 1.29 is 4.52 Å². The molecule has 5 nitrogen and oxygen atoms in total. The molecule has 0 aromatic carbocycles. The third-order valence-corrected chi connectivity index (χ3v) is 3.50. The van der Waals surface area contributed by atoms with Crippen LogP contribution in [0.5, 0.6) is 0 Å². The molecule has 1 atom stereocenters. The van der Waals surface area contributed by atoms with E-state index >= 15 is 0 Å². The van der Waals surface area contributed by atoms with Gasteiger partial charge in [-0.15, -0.1) is 12.4 Å². The predicted octanol–water partition coefficient (Wildman–Crippen LogP) is 2.26. The predicted molar refractivity (Wildman–Crippen MR) is 82.1 cm³/mol. The van der Waals surface area contributed by atoms with Crippen LogP contribution in [0, 0.1) is 5.92 Å². The Morgan fingerprint density at radius 1 is 1.45 bits per heavy atom.